The summed E-state index contributed by atoms with van der Waals surface area (Å²) in [5, 5.41) is 5.40. The Labute approximate surface area is 131 Å². The van der Waals surface area contributed by atoms with Crippen molar-refractivity contribution in [1.82, 2.24) is 4.72 Å². The number of ether oxygens (including phenoxy) is 1. The molecule has 2 rings (SSSR count). The maximum absolute atomic E-state index is 12.6. The van der Waals surface area contributed by atoms with Gasteiger partial charge in [-0.2, -0.15) is 11.3 Å². The van der Waals surface area contributed by atoms with Crippen molar-refractivity contribution in [3.63, 3.8) is 0 Å². The molecule has 2 heterocycles. The Hall–Kier alpha value is -1.22. The summed E-state index contributed by atoms with van der Waals surface area (Å²) in [6, 6.07) is 1.49. The van der Waals surface area contributed by atoms with Gasteiger partial charge in [0.15, 0.2) is 0 Å². The van der Waals surface area contributed by atoms with Crippen LogP contribution in [0.2, 0.25) is 0 Å². The number of carbonyl (C=O) groups is 1. The monoisotopic (exact) mass is 345 g/mol. The Morgan fingerprint density at radius 2 is 2.10 bits per heavy atom. The van der Waals surface area contributed by atoms with E-state index in [9.17, 15) is 13.2 Å². The fourth-order valence-corrected chi connectivity index (χ4v) is 5.57. The number of rotatable bonds is 5. The van der Waals surface area contributed by atoms with E-state index >= 15 is 0 Å². The van der Waals surface area contributed by atoms with Crippen LogP contribution in [0, 0.1) is 6.92 Å². The Morgan fingerprint density at radius 3 is 2.67 bits per heavy atom. The summed E-state index contributed by atoms with van der Waals surface area (Å²) in [7, 11) is -2.56. The van der Waals surface area contributed by atoms with Crippen molar-refractivity contribution in [2.45, 2.75) is 24.8 Å². The van der Waals surface area contributed by atoms with Crippen molar-refractivity contribution in [1.29, 1.82) is 0 Å². The molecule has 0 aliphatic heterocycles. The molecule has 1 unspecified atom stereocenters. The van der Waals surface area contributed by atoms with E-state index in [-0.39, 0.29) is 15.8 Å². The molecule has 114 valence electrons. The second-order valence-electron chi connectivity index (χ2n) is 4.47. The van der Waals surface area contributed by atoms with Crippen molar-refractivity contribution in [3.8, 4) is 0 Å². The minimum atomic E-state index is -3.79. The Bertz CT molecular complexity index is 732. The molecule has 0 aliphatic carbocycles. The molecule has 0 fully saturated rings. The summed E-state index contributed by atoms with van der Waals surface area (Å²) >= 11 is 2.57. The first kappa shape index (κ1) is 16.2. The highest BCUT2D eigenvalue weighted by atomic mass is 32.2. The molecular formula is C13H15NO4S3. The van der Waals surface area contributed by atoms with Crippen molar-refractivity contribution < 1.29 is 17.9 Å². The Kier molecular flexibility index (Phi) is 4.82. The lowest BCUT2D eigenvalue weighted by Gasteiger charge is -2.14. The second kappa shape index (κ2) is 6.27. The van der Waals surface area contributed by atoms with Crippen LogP contribution in [-0.4, -0.2) is 21.5 Å². The van der Waals surface area contributed by atoms with Gasteiger partial charge in [-0.25, -0.2) is 17.9 Å². The average molecular weight is 345 g/mol. The fourth-order valence-electron chi connectivity index (χ4n) is 1.88. The highest BCUT2D eigenvalue weighted by Crippen LogP contribution is 2.29. The molecule has 21 heavy (non-hydrogen) atoms. The highest BCUT2D eigenvalue weighted by molar-refractivity contribution is 7.89. The largest absolute Gasteiger partial charge is 0.465 e. The molecule has 0 bridgehead atoms. The summed E-state index contributed by atoms with van der Waals surface area (Å²) in [6.07, 6.45) is 0. The predicted molar refractivity (Wildman–Crippen MR) is 83.5 cm³/mol. The zero-order chi connectivity index (χ0) is 15.6. The van der Waals surface area contributed by atoms with E-state index in [4.69, 9.17) is 0 Å². The van der Waals surface area contributed by atoms with Crippen LogP contribution in [0.15, 0.2) is 27.1 Å². The molecule has 8 heteroatoms. The van der Waals surface area contributed by atoms with Gasteiger partial charge in [-0.1, -0.05) is 0 Å². The van der Waals surface area contributed by atoms with Gasteiger partial charge in [0.25, 0.3) is 0 Å². The Balaban J connectivity index is 2.36. The molecule has 0 radical (unpaired) electrons. The van der Waals surface area contributed by atoms with E-state index in [0.717, 1.165) is 16.9 Å². The van der Waals surface area contributed by atoms with E-state index in [2.05, 4.69) is 9.46 Å². The maximum atomic E-state index is 12.6. The minimum Gasteiger partial charge on any atom is -0.465 e. The molecule has 0 saturated carbocycles. The van der Waals surface area contributed by atoms with E-state index < -0.39 is 16.0 Å². The quantitative estimate of drug-likeness (QED) is 0.846. The van der Waals surface area contributed by atoms with Gasteiger partial charge in [0.05, 0.1) is 7.11 Å². The van der Waals surface area contributed by atoms with Gasteiger partial charge in [0, 0.05) is 6.04 Å². The summed E-state index contributed by atoms with van der Waals surface area (Å²) in [5.74, 6) is -0.642. The third-order valence-corrected chi connectivity index (χ3v) is 6.57. The molecular weight excluding hydrogens is 330 g/mol. The van der Waals surface area contributed by atoms with Crippen molar-refractivity contribution in [2.75, 3.05) is 7.11 Å². The average Bonchev–Trinajstić information content (AvgIpc) is 3.06. The molecule has 0 aromatic carbocycles. The topological polar surface area (TPSA) is 72.5 Å². The van der Waals surface area contributed by atoms with E-state index in [1.165, 1.54) is 18.4 Å². The predicted octanol–water partition coefficient (Wildman–Crippen LogP) is 2.94. The molecule has 0 saturated heterocycles. The SMILES string of the molecule is COC(=O)c1scc(C)c1S(=O)(=O)NC(C)c1ccsc1. The van der Waals surface area contributed by atoms with Gasteiger partial charge >= 0.3 is 5.97 Å². The third-order valence-electron chi connectivity index (χ3n) is 2.93. The summed E-state index contributed by atoms with van der Waals surface area (Å²) < 4.78 is 32.3. The van der Waals surface area contributed by atoms with Crippen LogP contribution in [0.4, 0.5) is 0 Å². The first-order chi connectivity index (χ1) is 9.86. The van der Waals surface area contributed by atoms with Gasteiger partial charge in [-0.15, -0.1) is 11.3 Å². The standard InChI is InChI=1S/C13H15NO4S3/c1-8-6-20-11(13(15)18-3)12(8)21(16,17)14-9(2)10-4-5-19-7-10/h4-7,9,14H,1-3H3. The lowest BCUT2D eigenvalue weighted by molar-refractivity contribution is 0.0602. The molecule has 2 aromatic heterocycles. The zero-order valence-corrected chi connectivity index (χ0v) is 14.2. The normalized spacial score (nSPS) is 13.1. The number of thiophene rings is 2. The van der Waals surface area contributed by atoms with Crippen LogP contribution in [0.25, 0.3) is 0 Å². The summed E-state index contributed by atoms with van der Waals surface area (Å²) in [4.78, 5) is 11.8. The Morgan fingerprint density at radius 1 is 1.38 bits per heavy atom. The van der Waals surface area contributed by atoms with E-state index in [0.29, 0.717) is 5.56 Å². The van der Waals surface area contributed by atoms with Gasteiger partial charge < -0.3 is 4.74 Å². The van der Waals surface area contributed by atoms with Crippen LogP contribution < -0.4 is 4.72 Å². The van der Waals surface area contributed by atoms with E-state index in [1.54, 1.807) is 19.2 Å². The number of esters is 1. The first-order valence-corrected chi connectivity index (χ1v) is 9.38. The number of aryl methyl sites for hydroxylation is 1. The number of hydrogen-bond acceptors (Lipinski definition) is 6. The lowest BCUT2D eigenvalue weighted by atomic mass is 10.2. The number of nitrogens with one attached hydrogen (secondary N) is 1. The highest BCUT2D eigenvalue weighted by Gasteiger charge is 2.28. The van der Waals surface area contributed by atoms with Crippen LogP contribution >= 0.6 is 22.7 Å². The van der Waals surface area contributed by atoms with Crippen LogP contribution in [0.1, 0.15) is 33.8 Å². The molecule has 1 atom stereocenters. The molecule has 0 amide bonds. The van der Waals surface area contributed by atoms with Crippen molar-refractivity contribution >= 4 is 38.7 Å². The minimum absolute atomic E-state index is 0.00132. The molecule has 1 N–H and O–H groups in total. The number of sulfonamides is 1. The summed E-state index contributed by atoms with van der Waals surface area (Å²) in [6.45, 7) is 3.42. The van der Waals surface area contributed by atoms with E-state index in [1.807, 2.05) is 16.8 Å². The fraction of sp³-hybridized carbons (Fsp3) is 0.308. The van der Waals surface area contributed by atoms with Gasteiger partial charge in [-0.05, 0) is 47.2 Å². The van der Waals surface area contributed by atoms with Gasteiger partial charge in [-0.3, -0.25) is 0 Å². The smallest absolute Gasteiger partial charge is 0.349 e. The summed E-state index contributed by atoms with van der Waals surface area (Å²) in [5.41, 5.74) is 1.42. The number of methoxy groups -OCH3 is 1. The molecule has 5 nitrogen and oxygen atoms in total. The number of carbonyl (C=O) groups excluding carboxylic acids is 1. The van der Waals surface area contributed by atoms with Gasteiger partial charge in [0.1, 0.15) is 9.77 Å². The van der Waals surface area contributed by atoms with Gasteiger partial charge in [0.2, 0.25) is 10.0 Å². The van der Waals surface area contributed by atoms with Crippen LogP contribution in [0.3, 0.4) is 0 Å². The number of hydrogen-bond donors (Lipinski definition) is 1. The van der Waals surface area contributed by atoms with Crippen LogP contribution in [-0.2, 0) is 14.8 Å². The first-order valence-electron chi connectivity index (χ1n) is 6.07. The lowest BCUT2D eigenvalue weighted by Crippen LogP contribution is -2.28. The zero-order valence-electron chi connectivity index (χ0n) is 11.7. The second-order valence-corrected chi connectivity index (χ2v) is 7.78. The molecule has 0 spiro atoms. The van der Waals surface area contributed by atoms with Crippen molar-refractivity contribution in [2.24, 2.45) is 0 Å². The van der Waals surface area contributed by atoms with Crippen LogP contribution in [0.5, 0.6) is 0 Å². The maximum Gasteiger partial charge on any atom is 0.349 e. The third kappa shape index (κ3) is 3.34. The van der Waals surface area contributed by atoms with Crippen molar-refractivity contribution in [3.05, 3.63) is 38.2 Å². The molecule has 2 aromatic rings. The molecule has 0 aliphatic rings.